The summed E-state index contributed by atoms with van der Waals surface area (Å²) in [6, 6.07) is 5.80. The van der Waals surface area contributed by atoms with E-state index >= 15 is 0 Å². The highest BCUT2D eigenvalue weighted by molar-refractivity contribution is 5.91. The van der Waals surface area contributed by atoms with E-state index in [1.54, 1.807) is 12.3 Å². The van der Waals surface area contributed by atoms with Gasteiger partial charge in [0.05, 0.1) is 22.2 Å². The Bertz CT molecular complexity index is 1460. The second-order valence-electron chi connectivity index (χ2n) is 9.92. The lowest BCUT2D eigenvalue weighted by Gasteiger charge is -2.34. The van der Waals surface area contributed by atoms with Crippen LogP contribution in [-0.2, 0) is 19.3 Å². The number of nitrogens with one attached hydrogen (secondary N) is 1. The van der Waals surface area contributed by atoms with Crippen LogP contribution < -0.4 is 20.6 Å². The van der Waals surface area contributed by atoms with Gasteiger partial charge in [-0.05, 0) is 55.8 Å². The number of ether oxygens (including phenoxy) is 1. The predicted octanol–water partition coefficient (Wildman–Crippen LogP) is 4.29. The Labute approximate surface area is 212 Å². The van der Waals surface area contributed by atoms with Gasteiger partial charge in [-0.25, -0.2) is 14.8 Å². The van der Waals surface area contributed by atoms with Gasteiger partial charge in [-0.1, -0.05) is 19.1 Å². The number of anilines is 1. The number of nitrogens with zero attached hydrogens (tertiary/aromatic N) is 4. The number of aromatic nitrogens is 3. The molecule has 1 atom stereocenters. The molecular weight excluding hydrogens is 483 g/mol. The highest BCUT2D eigenvalue weighted by atomic mass is 19.4. The molecule has 194 valence electrons. The maximum atomic E-state index is 13.0. The quantitative estimate of drug-likeness (QED) is 0.553. The first-order valence-corrected chi connectivity index (χ1v) is 12.2. The minimum Gasteiger partial charge on any atom is -0.469 e. The number of hydrogen-bond acceptors (Lipinski definition) is 5. The van der Waals surface area contributed by atoms with Crippen molar-refractivity contribution in [3.63, 3.8) is 0 Å². The monoisotopic (exact) mass is 511 g/mol. The first-order valence-electron chi connectivity index (χ1n) is 12.2. The van der Waals surface area contributed by atoms with Gasteiger partial charge in [-0.3, -0.25) is 9.47 Å². The van der Waals surface area contributed by atoms with Crippen LogP contribution >= 0.6 is 0 Å². The topological polar surface area (TPSA) is 72.3 Å². The Morgan fingerprint density at radius 1 is 1.19 bits per heavy atom. The van der Waals surface area contributed by atoms with Crippen LogP contribution in [0.25, 0.3) is 12.2 Å². The normalized spacial score (nSPS) is 17.4. The van der Waals surface area contributed by atoms with E-state index in [9.17, 15) is 18.0 Å². The number of carbonyl (C=O) groups excluding carboxylic acids is 1. The molecule has 3 aromatic rings. The van der Waals surface area contributed by atoms with Gasteiger partial charge in [0.2, 0.25) is 5.88 Å². The van der Waals surface area contributed by atoms with Crippen molar-refractivity contribution in [2.24, 2.45) is 0 Å². The second-order valence-corrected chi connectivity index (χ2v) is 9.92. The zero-order valence-corrected chi connectivity index (χ0v) is 20.8. The van der Waals surface area contributed by atoms with Crippen molar-refractivity contribution in [3.8, 4) is 5.88 Å². The van der Waals surface area contributed by atoms with Gasteiger partial charge in [-0.15, -0.1) is 0 Å². The van der Waals surface area contributed by atoms with Crippen LogP contribution in [0.1, 0.15) is 50.4 Å². The van der Waals surface area contributed by atoms with Crippen molar-refractivity contribution in [2.45, 2.75) is 64.5 Å². The molecule has 1 aliphatic carbocycles. The number of alkyl halides is 3. The number of hydrogen-bond donors (Lipinski definition) is 1. The van der Waals surface area contributed by atoms with Crippen molar-refractivity contribution in [1.29, 1.82) is 0 Å². The summed E-state index contributed by atoms with van der Waals surface area (Å²) in [6.45, 7) is 8.07. The van der Waals surface area contributed by atoms with Crippen LogP contribution in [0, 0.1) is 0 Å². The van der Waals surface area contributed by atoms with Crippen molar-refractivity contribution < 1.29 is 22.7 Å². The third-order valence-corrected chi connectivity index (χ3v) is 7.20. The fourth-order valence-electron chi connectivity index (χ4n) is 4.58. The van der Waals surface area contributed by atoms with Crippen LogP contribution in [0.4, 0.5) is 23.7 Å². The van der Waals surface area contributed by atoms with Crippen molar-refractivity contribution in [2.75, 3.05) is 5.32 Å². The second kappa shape index (κ2) is 9.33. The number of rotatable bonds is 5. The van der Waals surface area contributed by atoms with Crippen LogP contribution in [0.5, 0.6) is 5.88 Å². The molecule has 1 amide bonds. The largest absolute Gasteiger partial charge is 0.469 e. The number of amides is 1. The SMILES string of the molecule is CCC(C)(C)N1Cc2ncnc(OC3C=c4ccn(C(=O)Nc5cccc(C(F)(F)F)c5)c4=CC3)c2C1. The summed E-state index contributed by atoms with van der Waals surface area (Å²) in [5.74, 6) is 0.569. The molecule has 2 aliphatic rings. The maximum Gasteiger partial charge on any atom is 0.416 e. The lowest BCUT2D eigenvalue weighted by atomic mass is 10.00. The number of halogens is 3. The van der Waals surface area contributed by atoms with E-state index in [0.717, 1.165) is 48.1 Å². The van der Waals surface area contributed by atoms with Gasteiger partial charge in [0.15, 0.2) is 0 Å². The Hall–Kier alpha value is -3.66. The van der Waals surface area contributed by atoms with Gasteiger partial charge in [0.25, 0.3) is 0 Å². The van der Waals surface area contributed by atoms with Crippen molar-refractivity contribution in [1.82, 2.24) is 19.4 Å². The first kappa shape index (κ1) is 25.0. The van der Waals surface area contributed by atoms with Crippen molar-refractivity contribution in [3.05, 3.63) is 70.2 Å². The molecule has 1 unspecified atom stereocenters. The molecule has 1 aromatic carbocycles. The molecular formula is C27H28F3N5O2. The van der Waals surface area contributed by atoms with E-state index in [2.05, 4.69) is 41.0 Å². The Kier molecular flexibility index (Phi) is 6.31. The van der Waals surface area contributed by atoms with Crippen LogP contribution in [0.2, 0.25) is 0 Å². The molecule has 0 saturated heterocycles. The average molecular weight is 512 g/mol. The highest BCUT2D eigenvalue weighted by Gasteiger charge is 2.34. The molecule has 5 rings (SSSR count). The summed E-state index contributed by atoms with van der Waals surface area (Å²) in [7, 11) is 0. The summed E-state index contributed by atoms with van der Waals surface area (Å²) in [4.78, 5) is 24.1. The van der Waals surface area contributed by atoms with Crippen LogP contribution in [-0.4, -0.2) is 37.1 Å². The molecule has 0 saturated carbocycles. The minimum atomic E-state index is -4.49. The van der Waals surface area contributed by atoms with Gasteiger partial charge in [0, 0.05) is 36.9 Å². The zero-order valence-electron chi connectivity index (χ0n) is 20.8. The van der Waals surface area contributed by atoms with Gasteiger partial charge in [-0.2, -0.15) is 13.2 Å². The van der Waals surface area contributed by atoms with Crippen molar-refractivity contribution >= 4 is 23.9 Å². The fourth-order valence-corrected chi connectivity index (χ4v) is 4.58. The molecule has 0 bridgehead atoms. The summed E-state index contributed by atoms with van der Waals surface area (Å²) in [5, 5.41) is 4.01. The Morgan fingerprint density at radius 2 is 2.00 bits per heavy atom. The van der Waals surface area contributed by atoms with E-state index in [4.69, 9.17) is 4.74 Å². The molecule has 0 radical (unpaired) electrons. The lowest BCUT2D eigenvalue weighted by Crippen LogP contribution is -2.39. The summed E-state index contributed by atoms with van der Waals surface area (Å²) in [6.07, 6.45) is 3.70. The first-order chi connectivity index (χ1) is 17.5. The number of carbonyl (C=O) groups is 1. The minimum absolute atomic E-state index is 0.0369. The molecule has 0 spiro atoms. The predicted molar refractivity (Wildman–Crippen MR) is 133 cm³/mol. The molecule has 1 aliphatic heterocycles. The Morgan fingerprint density at radius 3 is 2.76 bits per heavy atom. The van der Waals surface area contributed by atoms with Gasteiger partial charge in [0.1, 0.15) is 12.4 Å². The molecule has 7 nitrogen and oxygen atoms in total. The summed E-state index contributed by atoms with van der Waals surface area (Å²) < 4.78 is 46.7. The van der Waals surface area contributed by atoms with Gasteiger partial charge < -0.3 is 10.1 Å². The fraction of sp³-hybridized carbons (Fsp3) is 0.370. The van der Waals surface area contributed by atoms with E-state index in [-0.39, 0.29) is 17.3 Å². The lowest BCUT2D eigenvalue weighted by molar-refractivity contribution is -0.137. The van der Waals surface area contributed by atoms with E-state index in [0.29, 0.717) is 17.6 Å². The highest BCUT2D eigenvalue weighted by Crippen LogP contribution is 2.34. The molecule has 0 fully saturated rings. The average Bonchev–Trinajstić information content (AvgIpc) is 3.49. The van der Waals surface area contributed by atoms with E-state index < -0.39 is 17.8 Å². The van der Waals surface area contributed by atoms with Crippen LogP contribution in [0.3, 0.4) is 0 Å². The smallest absolute Gasteiger partial charge is 0.416 e. The van der Waals surface area contributed by atoms with E-state index in [1.165, 1.54) is 23.0 Å². The Balaban J connectivity index is 1.32. The van der Waals surface area contributed by atoms with Crippen LogP contribution in [0.15, 0.2) is 42.9 Å². The van der Waals surface area contributed by atoms with E-state index in [1.807, 2.05) is 12.2 Å². The maximum absolute atomic E-state index is 13.0. The number of benzene rings is 1. The third kappa shape index (κ3) is 4.98. The number of fused-ring (bicyclic) bond motifs is 2. The molecule has 10 heteroatoms. The standard InChI is InChI=1S/C27H28F3N5O2/c1-4-26(2,3)34-14-21-22(15-34)31-16-32-24(21)37-20-8-9-23-17(12-20)10-11-35(23)25(36)33-19-7-5-6-18(13-19)27(28,29)30/h5-7,9-13,16,20H,4,8,14-15H2,1-3H3,(H,33,36). The third-order valence-electron chi connectivity index (χ3n) is 7.20. The molecule has 3 heterocycles. The summed E-state index contributed by atoms with van der Waals surface area (Å²) in [5.41, 5.74) is 1.26. The van der Waals surface area contributed by atoms with Gasteiger partial charge >= 0.3 is 12.2 Å². The molecule has 2 aromatic heterocycles. The zero-order chi connectivity index (χ0) is 26.4. The molecule has 37 heavy (non-hydrogen) atoms. The summed E-state index contributed by atoms with van der Waals surface area (Å²) >= 11 is 0. The molecule has 1 N–H and O–H groups in total.